The topological polar surface area (TPSA) is 65.0 Å². The Kier molecular flexibility index (Phi) is 4.41. The van der Waals surface area contributed by atoms with E-state index < -0.39 is 5.97 Å². The minimum Gasteiger partial charge on any atom is -0.507 e. The summed E-state index contributed by atoms with van der Waals surface area (Å²) in [5.74, 6) is -0.0517. The quantitative estimate of drug-likeness (QED) is 0.869. The molecule has 120 valence electrons. The first-order valence-electron chi connectivity index (χ1n) is 7.04. The molecule has 0 spiro atoms. The van der Waals surface area contributed by atoms with Crippen LogP contribution in [-0.4, -0.2) is 17.9 Å². The van der Waals surface area contributed by atoms with Gasteiger partial charge < -0.3 is 19.3 Å². The Bertz CT molecular complexity index is 757. The number of carbonyl (C=O) groups is 1. The van der Waals surface area contributed by atoms with Crippen molar-refractivity contribution in [3.8, 4) is 11.5 Å². The van der Waals surface area contributed by atoms with Crippen LogP contribution in [0.25, 0.3) is 0 Å². The van der Waals surface area contributed by atoms with Gasteiger partial charge in [0, 0.05) is 16.1 Å². The average Bonchev–Trinajstić information content (AvgIpc) is 2.54. The standard InChI is InChI=1S/C17H15ClO5/c1-10-3-2-4-14(15(10)19)17(20)22-8-12-6-13(18)5-11-7-21-9-23-16(11)12/h2-6,19H,7-9H2,1H3. The lowest BCUT2D eigenvalue weighted by Crippen LogP contribution is -2.14. The van der Waals surface area contributed by atoms with E-state index in [2.05, 4.69) is 0 Å². The second-order valence-electron chi connectivity index (χ2n) is 5.21. The van der Waals surface area contributed by atoms with Crippen molar-refractivity contribution in [2.75, 3.05) is 6.79 Å². The third-order valence-corrected chi connectivity index (χ3v) is 3.79. The van der Waals surface area contributed by atoms with E-state index in [0.717, 1.165) is 5.56 Å². The van der Waals surface area contributed by atoms with Crippen LogP contribution in [0.15, 0.2) is 30.3 Å². The monoisotopic (exact) mass is 334 g/mol. The van der Waals surface area contributed by atoms with Crippen LogP contribution in [0.2, 0.25) is 5.02 Å². The highest BCUT2D eigenvalue weighted by molar-refractivity contribution is 6.30. The van der Waals surface area contributed by atoms with Gasteiger partial charge in [-0.05, 0) is 30.7 Å². The predicted octanol–water partition coefficient (Wildman–Crippen LogP) is 3.58. The maximum absolute atomic E-state index is 12.2. The molecule has 0 aliphatic carbocycles. The van der Waals surface area contributed by atoms with Crippen molar-refractivity contribution in [3.63, 3.8) is 0 Å². The molecule has 0 saturated carbocycles. The van der Waals surface area contributed by atoms with Crippen molar-refractivity contribution in [2.45, 2.75) is 20.1 Å². The van der Waals surface area contributed by atoms with Crippen molar-refractivity contribution in [3.05, 3.63) is 57.6 Å². The van der Waals surface area contributed by atoms with Gasteiger partial charge in [0.25, 0.3) is 0 Å². The molecular weight excluding hydrogens is 320 g/mol. The lowest BCUT2D eigenvalue weighted by molar-refractivity contribution is -0.0180. The molecule has 0 unspecified atom stereocenters. The molecule has 0 aromatic heterocycles. The molecule has 0 amide bonds. The average molecular weight is 335 g/mol. The van der Waals surface area contributed by atoms with Crippen LogP contribution in [0.3, 0.4) is 0 Å². The summed E-state index contributed by atoms with van der Waals surface area (Å²) in [6.45, 7) is 2.26. The van der Waals surface area contributed by atoms with Crippen molar-refractivity contribution in [2.24, 2.45) is 0 Å². The molecule has 3 rings (SSSR count). The fourth-order valence-electron chi connectivity index (χ4n) is 2.41. The van der Waals surface area contributed by atoms with Crippen molar-refractivity contribution in [1.82, 2.24) is 0 Å². The molecule has 5 nitrogen and oxygen atoms in total. The van der Waals surface area contributed by atoms with Crippen molar-refractivity contribution >= 4 is 17.6 Å². The van der Waals surface area contributed by atoms with Crippen LogP contribution in [-0.2, 0) is 22.7 Å². The van der Waals surface area contributed by atoms with E-state index >= 15 is 0 Å². The number of carbonyl (C=O) groups excluding carboxylic acids is 1. The number of aryl methyl sites for hydroxylation is 1. The maximum atomic E-state index is 12.2. The lowest BCUT2D eigenvalue weighted by Gasteiger charge is -2.21. The fraction of sp³-hybridized carbons (Fsp3) is 0.235. The summed E-state index contributed by atoms with van der Waals surface area (Å²) < 4.78 is 16.0. The molecule has 1 aliphatic heterocycles. The van der Waals surface area contributed by atoms with E-state index in [4.69, 9.17) is 25.8 Å². The van der Waals surface area contributed by atoms with Gasteiger partial charge >= 0.3 is 5.97 Å². The van der Waals surface area contributed by atoms with Gasteiger partial charge in [-0.25, -0.2) is 4.79 Å². The molecule has 0 radical (unpaired) electrons. The zero-order chi connectivity index (χ0) is 16.4. The number of hydrogen-bond acceptors (Lipinski definition) is 5. The van der Waals surface area contributed by atoms with Crippen LogP contribution >= 0.6 is 11.6 Å². The predicted molar refractivity (Wildman–Crippen MR) is 83.7 cm³/mol. The van der Waals surface area contributed by atoms with Crippen molar-refractivity contribution in [1.29, 1.82) is 0 Å². The Hall–Kier alpha value is -2.24. The van der Waals surface area contributed by atoms with Crippen LogP contribution in [0.1, 0.15) is 27.0 Å². The zero-order valence-corrected chi connectivity index (χ0v) is 13.2. The second-order valence-corrected chi connectivity index (χ2v) is 5.65. The lowest BCUT2D eigenvalue weighted by atomic mass is 10.1. The summed E-state index contributed by atoms with van der Waals surface area (Å²) in [5.41, 5.74) is 2.22. The SMILES string of the molecule is Cc1cccc(C(=O)OCc2cc(Cl)cc3c2OCOC3)c1O. The number of benzene rings is 2. The molecule has 1 heterocycles. The third kappa shape index (κ3) is 3.25. The molecule has 2 aromatic carbocycles. The highest BCUT2D eigenvalue weighted by Crippen LogP contribution is 2.32. The summed E-state index contributed by atoms with van der Waals surface area (Å²) in [7, 11) is 0. The van der Waals surface area contributed by atoms with Gasteiger partial charge in [-0.2, -0.15) is 0 Å². The summed E-state index contributed by atoms with van der Waals surface area (Å²) >= 11 is 6.07. The Labute approximate surface area is 138 Å². The van der Waals surface area contributed by atoms with E-state index in [1.165, 1.54) is 6.07 Å². The van der Waals surface area contributed by atoms with Gasteiger partial charge in [-0.1, -0.05) is 23.7 Å². The van der Waals surface area contributed by atoms with E-state index in [9.17, 15) is 9.90 Å². The van der Waals surface area contributed by atoms with Crippen LogP contribution < -0.4 is 4.74 Å². The molecule has 0 fully saturated rings. The molecular formula is C17H15ClO5. The number of esters is 1. The molecule has 0 bridgehead atoms. The minimum absolute atomic E-state index is 0.00485. The Morgan fingerprint density at radius 2 is 2.22 bits per heavy atom. The van der Waals surface area contributed by atoms with E-state index in [0.29, 0.717) is 28.5 Å². The normalized spacial score (nSPS) is 13.1. The number of hydrogen-bond donors (Lipinski definition) is 1. The smallest absolute Gasteiger partial charge is 0.342 e. The van der Waals surface area contributed by atoms with Gasteiger partial charge in [-0.3, -0.25) is 0 Å². The van der Waals surface area contributed by atoms with E-state index in [-0.39, 0.29) is 24.7 Å². The Balaban J connectivity index is 1.79. The van der Waals surface area contributed by atoms with Gasteiger partial charge in [0.1, 0.15) is 23.7 Å². The first-order valence-corrected chi connectivity index (χ1v) is 7.41. The molecule has 23 heavy (non-hydrogen) atoms. The summed E-state index contributed by atoms with van der Waals surface area (Å²) in [6.07, 6.45) is 0. The van der Waals surface area contributed by atoms with E-state index in [1.54, 1.807) is 31.2 Å². The molecule has 1 N–H and O–H groups in total. The van der Waals surface area contributed by atoms with Crippen LogP contribution in [0, 0.1) is 6.92 Å². The largest absolute Gasteiger partial charge is 0.507 e. The second kappa shape index (κ2) is 6.48. The number of aromatic hydroxyl groups is 1. The van der Waals surface area contributed by atoms with Gasteiger partial charge in [0.2, 0.25) is 0 Å². The first kappa shape index (κ1) is 15.6. The number of rotatable bonds is 3. The maximum Gasteiger partial charge on any atom is 0.342 e. The van der Waals surface area contributed by atoms with E-state index in [1.807, 2.05) is 0 Å². The summed E-state index contributed by atoms with van der Waals surface area (Å²) in [4.78, 5) is 12.2. The van der Waals surface area contributed by atoms with Gasteiger partial charge in [-0.15, -0.1) is 0 Å². The third-order valence-electron chi connectivity index (χ3n) is 3.57. The number of ether oxygens (including phenoxy) is 3. The Morgan fingerprint density at radius 1 is 1.39 bits per heavy atom. The van der Waals surface area contributed by atoms with Crippen LogP contribution in [0.4, 0.5) is 0 Å². The number of phenolic OH excluding ortho intramolecular Hbond substituents is 1. The number of para-hydroxylation sites is 1. The molecule has 2 aromatic rings. The highest BCUT2D eigenvalue weighted by Gasteiger charge is 2.19. The summed E-state index contributed by atoms with van der Waals surface area (Å²) in [6, 6.07) is 8.37. The van der Waals surface area contributed by atoms with Gasteiger partial charge in [0.05, 0.1) is 6.61 Å². The van der Waals surface area contributed by atoms with Crippen LogP contribution in [0.5, 0.6) is 11.5 Å². The molecule has 1 aliphatic rings. The zero-order valence-electron chi connectivity index (χ0n) is 12.5. The van der Waals surface area contributed by atoms with Crippen molar-refractivity contribution < 1.29 is 24.1 Å². The molecule has 6 heteroatoms. The van der Waals surface area contributed by atoms with Gasteiger partial charge in [0.15, 0.2) is 6.79 Å². The highest BCUT2D eigenvalue weighted by atomic mass is 35.5. The fourth-order valence-corrected chi connectivity index (χ4v) is 2.67. The Morgan fingerprint density at radius 3 is 3.04 bits per heavy atom. The number of fused-ring (bicyclic) bond motifs is 1. The summed E-state index contributed by atoms with van der Waals surface area (Å²) in [5, 5.41) is 10.5. The molecule has 0 saturated heterocycles. The number of halogens is 1. The number of phenols is 1. The molecule has 0 atom stereocenters. The first-order chi connectivity index (χ1) is 11.1. The minimum atomic E-state index is -0.605.